The number of sulfone groups is 1. The van der Waals surface area contributed by atoms with Crippen LogP contribution in [0.2, 0.25) is 0 Å². The lowest BCUT2D eigenvalue weighted by atomic mass is 10.0. The third kappa shape index (κ3) is 3.44. The van der Waals surface area contributed by atoms with Crippen molar-refractivity contribution in [2.45, 2.75) is 19.4 Å². The molecule has 2 aromatic rings. The lowest BCUT2D eigenvalue weighted by Gasteiger charge is -2.11. The van der Waals surface area contributed by atoms with E-state index in [0.717, 1.165) is 17.8 Å². The van der Waals surface area contributed by atoms with Crippen LogP contribution in [0.3, 0.4) is 0 Å². The summed E-state index contributed by atoms with van der Waals surface area (Å²) in [5.41, 5.74) is 0.994. The van der Waals surface area contributed by atoms with Crippen LogP contribution >= 0.6 is 0 Å². The van der Waals surface area contributed by atoms with E-state index in [2.05, 4.69) is 4.98 Å². The highest BCUT2D eigenvalue weighted by Crippen LogP contribution is 2.22. The van der Waals surface area contributed by atoms with Crippen molar-refractivity contribution in [1.29, 1.82) is 0 Å². The van der Waals surface area contributed by atoms with Crippen LogP contribution in [-0.2, 0) is 22.8 Å². The van der Waals surface area contributed by atoms with Gasteiger partial charge in [-0.3, -0.25) is 0 Å². The van der Waals surface area contributed by atoms with Gasteiger partial charge < -0.3 is 9.67 Å². The Morgan fingerprint density at radius 2 is 2.24 bits per heavy atom. The molecule has 112 valence electrons. The monoisotopic (exact) mass is 306 g/mol. The van der Waals surface area contributed by atoms with Crippen LogP contribution in [0.5, 0.6) is 5.75 Å². The third-order valence-electron chi connectivity index (χ3n) is 3.86. The van der Waals surface area contributed by atoms with Gasteiger partial charge in [0.1, 0.15) is 11.6 Å². The highest BCUT2D eigenvalue weighted by Gasteiger charge is 2.28. The molecule has 1 unspecified atom stereocenters. The molecule has 1 aliphatic heterocycles. The maximum absolute atomic E-state index is 11.5. The standard InChI is InChI=1S/C15H18N2O3S/c18-14-3-1-2-12(8-14)10-17-6-5-16-15(17)9-13-4-7-21(19,20)11-13/h1-3,5-6,8,13,18H,4,7,9-11H2. The Bertz CT molecular complexity index is 737. The van der Waals surface area contributed by atoms with Crippen LogP contribution in [0.4, 0.5) is 0 Å². The van der Waals surface area contributed by atoms with Gasteiger partial charge in [-0.15, -0.1) is 0 Å². The molecular weight excluding hydrogens is 288 g/mol. The topological polar surface area (TPSA) is 72.2 Å². The van der Waals surface area contributed by atoms with E-state index in [-0.39, 0.29) is 17.4 Å². The molecule has 1 aromatic heterocycles. The molecule has 3 rings (SSSR count). The average Bonchev–Trinajstić information content (AvgIpc) is 2.97. The van der Waals surface area contributed by atoms with Crippen LogP contribution < -0.4 is 0 Å². The van der Waals surface area contributed by atoms with E-state index in [9.17, 15) is 13.5 Å². The molecule has 0 radical (unpaired) electrons. The number of hydrogen-bond acceptors (Lipinski definition) is 4. The average molecular weight is 306 g/mol. The molecule has 0 bridgehead atoms. The fourth-order valence-electron chi connectivity index (χ4n) is 2.82. The van der Waals surface area contributed by atoms with Crippen molar-refractivity contribution in [1.82, 2.24) is 9.55 Å². The summed E-state index contributed by atoms with van der Waals surface area (Å²) < 4.78 is 25.1. The van der Waals surface area contributed by atoms with Crippen LogP contribution in [0.25, 0.3) is 0 Å². The van der Waals surface area contributed by atoms with E-state index in [4.69, 9.17) is 0 Å². The molecule has 1 fully saturated rings. The maximum atomic E-state index is 11.5. The van der Waals surface area contributed by atoms with Crippen LogP contribution in [0, 0.1) is 5.92 Å². The summed E-state index contributed by atoms with van der Waals surface area (Å²) in [6.07, 6.45) is 5.04. The zero-order chi connectivity index (χ0) is 14.9. The smallest absolute Gasteiger partial charge is 0.150 e. The number of benzene rings is 1. The number of aromatic hydroxyl groups is 1. The van der Waals surface area contributed by atoms with Gasteiger partial charge in [0.2, 0.25) is 0 Å². The first-order chi connectivity index (χ1) is 10.0. The Kier molecular flexibility index (Phi) is 3.71. The minimum Gasteiger partial charge on any atom is -0.508 e. The second-order valence-electron chi connectivity index (χ2n) is 5.61. The quantitative estimate of drug-likeness (QED) is 0.931. The second kappa shape index (κ2) is 5.52. The summed E-state index contributed by atoms with van der Waals surface area (Å²) in [7, 11) is -2.85. The van der Waals surface area contributed by atoms with Crippen molar-refractivity contribution < 1.29 is 13.5 Å². The minimum absolute atomic E-state index is 0.167. The van der Waals surface area contributed by atoms with Crippen LogP contribution in [0.1, 0.15) is 17.8 Å². The van der Waals surface area contributed by atoms with E-state index in [0.29, 0.717) is 18.7 Å². The number of hydrogen-bond donors (Lipinski definition) is 1. The molecule has 1 aliphatic rings. The number of nitrogens with zero attached hydrogens (tertiary/aromatic N) is 2. The van der Waals surface area contributed by atoms with E-state index in [1.165, 1.54) is 0 Å². The predicted octanol–water partition coefficient (Wildman–Crippen LogP) is 1.61. The molecule has 1 aromatic carbocycles. The van der Waals surface area contributed by atoms with Crippen molar-refractivity contribution in [3.63, 3.8) is 0 Å². The number of rotatable bonds is 4. The van der Waals surface area contributed by atoms with E-state index < -0.39 is 9.84 Å². The Balaban J connectivity index is 1.72. The lowest BCUT2D eigenvalue weighted by Crippen LogP contribution is -2.12. The van der Waals surface area contributed by atoms with Gasteiger partial charge >= 0.3 is 0 Å². The molecule has 6 heteroatoms. The van der Waals surface area contributed by atoms with E-state index in [1.54, 1.807) is 18.3 Å². The van der Waals surface area contributed by atoms with Gasteiger partial charge in [0, 0.05) is 25.4 Å². The zero-order valence-electron chi connectivity index (χ0n) is 11.6. The number of imidazole rings is 1. The molecule has 0 amide bonds. The van der Waals surface area contributed by atoms with Gasteiger partial charge in [0.15, 0.2) is 9.84 Å². The summed E-state index contributed by atoms with van der Waals surface area (Å²) in [6.45, 7) is 0.628. The molecule has 0 aliphatic carbocycles. The Hall–Kier alpha value is -1.82. The number of aromatic nitrogens is 2. The molecule has 21 heavy (non-hydrogen) atoms. The summed E-state index contributed by atoms with van der Waals surface area (Å²) in [5, 5.41) is 9.51. The Morgan fingerprint density at radius 1 is 1.38 bits per heavy atom. The molecule has 5 nitrogen and oxygen atoms in total. The van der Waals surface area contributed by atoms with Gasteiger partial charge in [-0.25, -0.2) is 13.4 Å². The number of phenolic OH excluding ortho intramolecular Hbond substituents is 1. The van der Waals surface area contributed by atoms with Gasteiger partial charge in [0.05, 0.1) is 11.5 Å². The van der Waals surface area contributed by atoms with Gasteiger partial charge in [0.25, 0.3) is 0 Å². The van der Waals surface area contributed by atoms with Gasteiger partial charge in [-0.2, -0.15) is 0 Å². The summed E-state index contributed by atoms with van der Waals surface area (Å²) in [5.74, 6) is 1.88. The normalized spacial score (nSPS) is 20.7. The van der Waals surface area contributed by atoms with Crippen molar-refractivity contribution in [2.24, 2.45) is 5.92 Å². The van der Waals surface area contributed by atoms with Gasteiger partial charge in [-0.05, 0) is 30.0 Å². The first kappa shape index (κ1) is 14.1. The Labute approximate surface area is 124 Å². The first-order valence-electron chi connectivity index (χ1n) is 7.00. The molecule has 0 spiro atoms. The minimum atomic E-state index is -2.85. The molecule has 1 atom stereocenters. The molecule has 2 heterocycles. The van der Waals surface area contributed by atoms with Crippen LogP contribution in [-0.4, -0.2) is 34.6 Å². The molecule has 1 N–H and O–H groups in total. The second-order valence-corrected chi connectivity index (χ2v) is 7.84. The van der Waals surface area contributed by atoms with Crippen molar-refractivity contribution in [2.75, 3.05) is 11.5 Å². The molecule has 0 saturated carbocycles. The first-order valence-corrected chi connectivity index (χ1v) is 8.82. The SMILES string of the molecule is O=S1(=O)CCC(Cc2nccn2Cc2cccc(O)c2)C1. The van der Waals surface area contributed by atoms with Crippen molar-refractivity contribution >= 4 is 9.84 Å². The third-order valence-corrected chi connectivity index (χ3v) is 5.70. The van der Waals surface area contributed by atoms with Crippen LogP contribution in [0.15, 0.2) is 36.7 Å². The predicted molar refractivity (Wildman–Crippen MR) is 79.9 cm³/mol. The zero-order valence-corrected chi connectivity index (χ0v) is 12.5. The highest BCUT2D eigenvalue weighted by molar-refractivity contribution is 7.91. The lowest BCUT2D eigenvalue weighted by molar-refractivity contribution is 0.474. The summed E-state index contributed by atoms with van der Waals surface area (Å²) in [6, 6.07) is 7.12. The fraction of sp³-hybridized carbons (Fsp3) is 0.400. The van der Waals surface area contributed by atoms with E-state index in [1.807, 2.05) is 22.9 Å². The Morgan fingerprint density at radius 3 is 2.95 bits per heavy atom. The number of phenols is 1. The fourth-order valence-corrected chi connectivity index (χ4v) is 4.68. The van der Waals surface area contributed by atoms with E-state index >= 15 is 0 Å². The largest absolute Gasteiger partial charge is 0.508 e. The summed E-state index contributed by atoms with van der Waals surface area (Å²) >= 11 is 0. The van der Waals surface area contributed by atoms with Crippen molar-refractivity contribution in [3.8, 4) is 5.75 Å². The maximum Gasteiger partial charge on any atom is 0.150 e. The molecular formula is C15H18N2O3S. The van der Waals surface area contributed by atoms with Gasteiger partial charge in [-0.1, -0.05) is 12.1 Å². The summed E-state index contributed by atoms with van der Waals surface area (Å²) in [4.78, 5) is 4.35. The van der Waals surface area contributed by atoms with Crippen molar-refractivity contribution in [3.05, 3.63) is 48.0 Å². The molecule has 1 saturated heterocycles. The highest BCUT2D eigenvalue weighted by atomic mass is 32.2.